The number of carbonyl (C=O) groups excluding carboxylic acids is 3. The number of hydrogen-bond acceptors (Lipinski definition) is 7. The van der Waals surface area contributed by atoms with Crippen molar-refractivity contribution in [1.82, 2.24) is 21.3 Å². The molecule has 0 saturated carbocycles. The molecule has 0 aromatic heterocycles. The lowest BCUT2D eigenvalue weighted by molar-refractivity contribution is -0.142. The number of aliphatic imine (C=N–C) groups is 1. The molecule has 3 rings (SSSR count). The van der Waals surface area contributed by atoms with Gasteiger partial charge in [0.05, 0.1) is 6.04 Å². The number of likely N-dealkylation sites (N-methyl/N-ethyl adjacent to an activating group) is 1. The van der Waals surface area contributed by atoms with Crippen molar-refractivity contribution in [2.75, 3.05) is 20.1 Å². The summed E-state index contributed by atoms with van der Waals surface area (Å²) >= 11 is 0. The molecule has 232 valence electrons. The molecular weight excluding hydrogens is 554 g/mol. The Labute approximate surface area is 250 Å². The predicted octanol–water partition coefficient (Wildman–Crippen LogP) is 0.240. The fourth-order valence-corrected chi connectivity index (χ4v) is 4.15. The number of carbonyl (C=O) groups is 4. The third-order valence-corrected chi connectivity index (χ3v) is 6.45. The van der Waals surface area contributed by atoms with E-state index in [0.717, 1.165) is 18.5 Å². The minimum atomic E-state index is -1.16. The lowest BCUT2D eigenvalue weighted by Gasteiger charge is -2.23. The molecule has 0 spiro atoms. The van der Waals surface area contributed by atoms with Crippen molar-refractivity contribution in [3.63, 3.8) is 0 Å². The summed E-state index contributed by atoms with van der Waals surface area (Å²) in [5.74, 6) is -2.05. The lowest BCUT2D eigenvalue weighted by atomic mass is 10.0. The minimum absolute atomic E-state index is 0.0722. The molecule has 0 aliphatic carbocycles. The molecule has 1 aliphatic heterocycles. The van der Waals surface area contributed by atoms with E-state index in [1.165, 1.54) is 6.08 Å². The van der Waals surface area contributed by atoms with Gasteiger partial charge in [-0.3, -0.25) is 19.4 Å². The normalized spacial score (nSPS) is 15.3. The molecule has 0 bridgehead atoms. The van der Waals surface area contributed by atoms with Crippen molar-refractivity contribution < 1.29 is 29.4 Å². The number of carboxylic acid groups (broad SMARTS) is 1. The van der Waals surface area contributed by atoms with Crippen LogP contribution in [-0.2, 0) is 25.6 Å². The van der Waals surface area contributed by atoms with Gasteiger partial charge in [-0.1, -0.05) is 48.5 Å². The Morgan fingerprint density at radius 3 is 2.35 bits per heavy atom. The zero-order chi connectivity index (χ0) is 31.6. The van der Waals surface area contributed by atoms with Gasteiger partial charge in [-0.2, -0.15) is 0 Å². The Morgan fingerprint density at radius 2 is 1.74 bits per heavy atom. The number of aromatic hydroxyl groups is 1. The molecule has 1 fully saturated rings. The smallest absolute Gasteiger partial charge is 0.326 e. The van der Waals surface area contributed by atoms with Gasteiger partial charge in [0, 0.05) is 31.7 Å². The van der Waals surface area contributed by atoms with Crippen molar-refractivity contribution in [2.45, 2.75) is 50.2 Å². The third-order valence-electron chi connectivity index (χ3n) is 6.45. The van der Waals surface area contributed by atoms with Crippen LogP contribution in [-0.4, -0.2) is 78.1 Å². The molecule has 1 aliphatic rings. The summed E-state index contributed by atoms with van der Waals surface area (Å²) in [6.07, 6.45) is 5.33. The Hall–Kier alpha value is -4.91. The van der Waals surface area contributed by atoms with Crippen molar-refractivity contribution in [3.05, 3.63) is 71.8 Å². The van der Waals surface area contributed by atoms with Gasteiger partial charge in [-0.15, -0.1) is 0 Å². The zero-order valence-electron chi connectivity index (χ0n) is 24.2. The van der Waals surface area contributed by atoms with Crippen LogP contribution >= 0.6 is 0 Å². The number of para-hydroxylation sites is 1. The molecule has 43 heavy (non-hydrogen) atoms. The highest BCUT2D eigenvalue weighted by Gasteiger charge is 2.30. The van der Waals surface area contributed by atoms with E-state index in [1.807, 2.05) is 30.3 Å². The summed E-state index contributed by atoms with van der Waals surface area (Å²) in [4.78, 5) is 51.6. The van der Waals surface area contributed by atoms with Crippen molar-refractivity contribution in [3.8, 4) is 5.75 Å². The van der Waals surface area contributed by atoms with Crippen LogP contribution in [0.5, 0.6) is 5.75 Å². The number of hydrogen-bond donors (Lipinski definition) is 8. The van der Waals surface area contributed by atoms with E-state index in [0.29, 0.717) is 18.4 Å². The molecule has 0 radical (unpaired) electrons. The largest absolute Gasteiger partial charge is 0.507 e. The highest BCUT2D eigenvalue weighted by molar-refractivity contribution is 5.92. The topological polar surface area (TPSA) is 221 Å². The van der Waals surface area contributed by atoms with E-state index in [-0.39, 0.29) is 49.0 Å². The van der Waals surface area contributed by atoms with Crippen molar-refractivity contribution >= 4 is 35.7 Å². The number of nitrogens with one attached hydrogen (secondary N) is 4. The first-order chi connectivity index (χ1) is 20.6. The van der Waals surface area contributed by atoms with Gasteiger partial charge in [0.25, 0.3) is 0 Å². The number of phenolic OH excluding ortho intramolecular Hbond substituents is 1. The minimum Gasteiger partial charge on any atom is -0.507 e. The van der Waals surface area contributed by atoms with Crippen LogP contribution in [0.2, 0.25) is 0 Å². The van der Waals surface area contributed by atoms with E-state index in [4.69, 9.17) is 11.5 Å². The maximum atomic E-state index is 12.9. The SMILES string of the molecule is CNC(=O)/C=C\c1ccccc1O.NC(N)=NCCC[C@H](NC(=O)[C@H](Cc1ccccc1)NC(=O)[C@@H]1CCCN1)C(=O)O. The van der Waals surface area contributed by atoms with Crippen LogP contribution in [0.4, 0.5) is 0 Å². The summed E-state index contributed by atoms with van der Waals surface area (Å²) in [6, 6.07) is 13.7. The molecule has 3 atom stereocenters. The molecule has 13 nitrogen and oxygen atoms in total. The number of nitrogens with two attached hydrogens (primary N) is 2. The van der Waals surface area contributed by atoms with Gasteiger partial charge >= 0.3 is 5.97 Å². The number of phenols is 1. The van der Waals surface area contributed by atoms with Gasteiger partial charge in [0.2, 0.25) is 17.7 Å². The van der Waals surface area contributed by atoms with Gasteiger partial charge < -0.3 is 42.9 Å². The number of nitrogens with zero attached hydrogens (tertiary/aromatic N) is 1. The van der Waals surface area contributed by atoms with Gasteiger partial charge in [0.15, 0.2) is 5.96 Å². The monoisotopic (exact) mass is 595 g/mol. The first-order valence-electron chi connectivity index (χ1n) is 13.9. The standard InChI is InChI=1S/C20H30N6O4.C10H11NO2/c21-20(22)24-11-5-9-15(19(29)30)25-18(28)16(12-13-6-2-1-3-7-13)26-17(27)14-8-4-10-23-14;1-11-10(13)7-6-8-4-2-3-5-9(8)12/h1-3,6-7,14-16,23H,4-5,8-12H2,(H,25,28)(H,26,27)(H,29,30)(H4,21,22,24);2-7,12H,1H3,(H,11,13)/b;7-6-/t14-,15-,16-;/m0./s1. The molecule has 0 unspecified atom stereocenters. The van der Waals surface area contributed by atoms with E-state index in [2.05, 4.69) is 26.3 Å². The Morgan fingerprint density at radius 1 is 1.05 bits per heavy atom. The van der Waals surface area contributed by atoms with Gasteiger partial charge in [-0.25, -0.2) is 4.79 Å². The summed E-state index contributed by atoms with van der Waals surface area (Å²) in [6.45, 7) is 1.02. The predicted molar refractivity (Wildman–Crippen MR) is 164 cm³/mol. The van der Waals surface area contributed by atoms with E-state index >= 15 is 0 Å². The molecule has 1 saturated heterocycles. The highest BCUT2D eigenvalue weighted by Crippen LogP contribution is 2.16. The lowest BCUT2D eigenvalue weighted by Crippen LogP contribution is -2.55. The third kappa shape index (κ3) is 13.1. The maximum absolute atomic E-state index is 12.9. The number of amides is 3. The van der Waals surface area contributed by atoms with Crippen LogP contribution in [0.25, 0.3) is 6.08 Å². The fourth-order valence-electron chi connectivity index (χ4n) is 4.15. The van der Waals surface area contributed by atoms with Gasteiger partial charge in [-0.05, 0) is 49.9 Å². The summed E-state index contributed by atoms with van der Waals surface area (Å²) in [5, 5.41) is 29.6. The van der Waals surface area contributed by atoms with Crippen molar-refractivity contribution in [2.24, 2.45) is 16.5 Å². The van der Waals surface area contributed by atoms with Crippen LogP contribution in [0.1, 0.15) is 36.8 Å². The molecule has 13 heteroatoms. The first kappa shape index (κ1) is 34.3. The Balaban J connectivity index is 0.000000413. The molecule has 10 N–H and O–H groups in total. The number of aliphatic carboxylic acids is 1. The number of rotatable bonds is 13. The average Bonchev–Trinajstić information content (AvgIpc) is 3.54. The van der Waals surface area contributed by atoms with Crippen LogP contribution in [0, 0.1) is 0 Å². The number of benzene rings is 2. The Bertz CT molecular complexity index is 1260. The molecule has 2 aromatic rings. The number of carboxylic acids is 1. The van der Waals surface area contributed by atoms with Crippen LogP contribution < -0.4 is 32.7 Å². The second-order valence-electron chi connectivity index (χ2n) is 9.75. The van der Waals surface area contributed by atoms with Crippen LogP contribution in [0.15, 0.2) is 65.7 Å². The van der Waals surface area contributed by atoms with E-state index in [1.54, 1.807) is 37.4 Å². The summed E-state index contributed by atoms with van der Waals surface area (Å²) in [5.41, 5.74) is 12.0. The summed E-state index contributed by atoms with van der Waals surface area (Å²) in [7, 11) is 1.55. The zero-order valence-corrected chi connectivity index (χ0v) is 24.2. The van der Waals surface area contributed by atoms with E-state index in [9.17, 15) is 29.4 Å². The highest BCUT2D eigenvalue weighted by atomic mass is 16.4. The quantitative estimate of drug-likeness (QED) is 0.0687. The second kappa shape index (κ2) is 18.5. The first-order valence-corrected chi connectivity index (χ1v) is 13.9. The maximum Gasteiger partial charge on any atom is 0.326 e. The fraction of sp³-hybridized carbons (Fsp3) is 0.367. The van der Waals surface area contributed by atoms with Crippen LogP contribution in [0.3, 0.4) is 0 Å². The van der Waals surface area contributed by atoms with Gasteiger partial charge in [0.1, 0.15) is 17.8 Å². The molecular formula is C30H41N7O6. The second-order valence-corrected chi connectivity index (χ2v) is 9.75. The molecule has 3 amide bonds. The Kier molecular flexibility index (Phi) is 14.8. The molecule has 2 aromatic carbocycles. The molecule has 1 heterocycles. The van der Waals surface area contributed by atoms with E-state index < -0.39 is 24.0 Å². The number of guanidine groups is 1. The summed E-state index contributed by atoms with van der Waals surface area (Å²) < 4.78 is 0. The van der Waals surface area contributed by atoms with Crippen molar-refractivity contribution in [1.29, 1.82) is 0 Å². The average molecular weight is 596 g/mol.